The minimum absolute atomic E-state index is 0.113. The molecule has 0 aliphatic carbocycles. The number of nitrogen functional groups attached to an aromatic ring is 1. The summed E-state index contributed by atoms with van der Waals surface area (Å²) in [7, 11) is 0. The molecule has 0 saturated carbocycles. The van der Waals surface area contributed by atoms with Crippen molar-refractivity contribution in [3.8, 4) is 5.75 Å². The summed E-state index contributed by atoms with van der Waals surface area (Å²) in [6.07, 6.45) is 0.279. The monoisotopic (exact) mass is 284 g/mol. The fourth-order valence-electron chi connectivity index (χ4n) is 1.96. The normalized spacial score (nSPS) is 10.2. The standard InChI is InChI=1S/C17H20N2O2/c1-12-6-5-9-16(13(12)2)21-11-10-17(20)19-15-8-4-3-7-14(15)18/h3-9H,10-11,18H2,1-2H3,(H,19,20). The number of carbonyl (C=O) groups is 1. The van der Waals surface area contributed by atoms with E-state index in [-0.39, 0.29) is 12.3 Å². The summed E-state index contributed by atoms with van der Waals surface area (Å²) in [5.41, 5.74) is 9.25. The van der Waals surface area contributed by atoms with Gasteiger partial charge in [0.25, 0.3) is 0 Å². The summed E-state index contributed by atoms with van der Waals surface area (Å²) in [6.45, 7) is 4.38. The third-order valence-corrected chi connectivity index (χ3v) is 3.38. The van der Waals surface area contributed by atoms with E-state index in [4.69, 9.17) is 10.5 Å². The second-order valence-corrected chi connectivity index (χ2v) is 4.93. The fourth-order valence-corrected chi connectivity index (χ4v) is 1.96. The number of hydrogen-bond acceptors (Lipinski definition) is 3. The molecule has 21 heavy (non-hydrogen) atoms. The van der Waals surface area contributed by atoms with Crippen LogP contribution in [0.5, 0.6) is 5.75 Å². The molecule has 0 radical (unpaired) electrons. The van der Waals surface area contributed by atoms with Crippen molar-refractivity contribution in [3.05, 3.63) is 53.6 Å². The highest BCUT2D eigenvalue weighted by Crippen LogP contribution is 2.21. The number of amides is 1. The molecule has 4 nitrogen and oxygen atoms in total. The lowest BCUT2D eigenvalue weighted by molar-refractivity contribution is -0.116. The molecule has 2 aromatic rings. The lowest BCUT2D eigenvalue weighted by Crippen LogP contribution is -2.16. The first-order chi connectivity index (χ1) is 10.1. The summed E-state index contributed by atoms with van der Waals surface area (Å²) in [5.74, 6) is 0.709. The van der Waals surface area contributed by atoms with Crippen LogP contribution in [0.3, 0.4) is 0 Å². The van der Waals surface area contributed by atoms with Gasteiger partial charge in [-0.3, -0.25) is 4.79 Å². The Balaban J connectivity index is 1.85. The van der Waals surface area contributed by atoms with Crippen molar-refractivity contribution in [1.29, 1.82) is 0 Å². The van der Waals surface area contributed by atoms with Crippen molar-refractivity contribution in [2.75, 3.05) is 17.7 Å². The summed E-state index contributed by atoms with van der Waals surface area (Å²) in [6, 6.07) is 13.1. The van der Waals surface area contributed by atoms with Gasteiger partial charge in [0, 0.05) is 0 Å². The van der Waals surface area contributed by atoms with Gasteiger partial charge >= 0.3 is 0 Å². The van der Waals surface area contributed by atoms with Gasteiger partial charge in [-0.15, -0.1) is 0 Å². The van der Waals surface area contributed by atoms with E-state index in [2.05, 4.69) is 5.32 Å². The van der Waals surface area contributed by atoms with Crippen LogP contribution in [0.1, 0.15) is 17.5 Å². The highest BCUT2D eigenvalue weighted by molar-refractivity contribution is 5.93. The zero-order valence-corrected chi connectivity index (χ0v) is 12.3. The largest absolute Gasteiger partial charge is 0.493 e. The molecule has 0 unspecified atom stereocenters. The molecule has 0 bridgehead atoms. The van der Waals surface area contributed by atoms with Crippen LogP contribution in [0.2, 0.25) is 0 Å². The van der Waals surface area contributed by atoms with Crippen molar-refractivity contribution in [2.45, 2.75) is 20.3 Å². The molecule has 0 heterocycles. The third-order valence-electron chi connectivity index (χ3n) is 3.38. The molecule has 3 N–H and O–H groups in total. The van der Waals surface area contributed by atoms with Gasteiger partial charge in [-0.2, -0.15) is 0 Å². The number of anilines is 2. The third kappa shape index (κ3) is 3.99. The lowest BCUT2D eigenvalue weighted by atomic mass is 10.1. The Bertz CT molecular complexity index is 638. The maximum absolute atomic E-state index is 11.9. The molecule has 2 aromatic carbocycles. The van der Waals surface area contributed by atoms with Crippen molar-refractivity contribution in [3.63, 3.8) is 0 Å². The predicted molar refractivity (Wildman–Crippen MR) is 85.5 cm³/mol. The van der Waals surface area contributed by atoms with Crippen LogP contribution in [-0.4, -0.2) is 12.5 Å². The summed E-state index contributed by atoms with van der Waals surface area (Å²) < 4.78 is 5.66. The Morgan fingerprint density at radius 2 is 1.90 bits per heavy atom. The maximum atomic E-state index is 11.9. The quantitative estimate of drug-likeness (QED) is 0.828. The molecule has 0 aliphatic heterocycles. The maximum Gasteiger partial charge on any atom is 0.227 e. The van der Waals surface area contributed by atoms with Gasteiger partial charge in [-0.05, 0) is 43.2 Å². The number of benzene rings is 2. The molecular weight excluding hydrogens is 264 g/mol. The predicted octanol–water partition coefficient (Wildman–Crippen LogP) is 3.29. The first-order valence-corrected chi connectivity index (χ1v) is 6.91. The first kappa shape index (κ1) is 14.9. The van der Waals surface area contributed by atoms with E-state index >= 15 is 0 Å². The first-order valence-electron chi connectivity index (χ1n) is 6.91. The van der Waals surface area contributed by atoms with E-state index in [0.29, 0.717) is 18.0 Å². The minimum atomic E-state index is -0.113. The molecule has 2 rings (SSSR count). The van der Waals surface area contributed by atoms with E-state index < -0.39 is 0 Å². The van der Waals surface area contributed by atoms with Crippen LogP contribution < -0.4 is 15.8 Å². The van der Waals surface area contributed by atoms with Gasteiger partial charge in [0.2, 0.25) is 5.91 Å². The molecule has 0 atom stereocenters. The van der Waals surface area contributed by atoms with Crippen molar-refractivity contribution in [1.82, 2.24) is 0 Å². The molecule has 1 amide bonds. The number of para-hydroxylation sites is 2. The number of nitrogens with one attached hydrogen (secondary N) is 1. The summed E-state index contributed by atoms with van der Waals surface area (Å²) in [5, 5.41) is 2.78. The van der Waals surface area contributed by atoms with Crippen LogP contribution >= 0.6 is 0 Å². The van der Waals surface area contributed by atoms with Crippen LogP contribution in [0, 0.1) is 13.8 Å². The summed E-state index contributed by atoms with van der Waals surface area (Å²) in [4.78, 5) is 11.9. The molecular formula is C17H20N2O2. The molecule has 110 valence electrons. The lowest BCUT2D eigenvalue weighted by Gasteiger charge is -2.11. The Hall–Kier alpha value is -2.49. The zero-order valence-electron chi connectivity index (χ0n) is 12.3. The van der Waals surface area contributed by atoms with Crippen LogP contribution in [-0.2, 0) is 4.79 Å². The second kappa shape index (κ2) is 6.79. The highest BCUT2D eigenvalue weighted by Gasteiger charge is 2.06. The number of hydrogen-bond donors (Lipinski definition) is 2. The SMILES string of the molecule is Cc1cccc(OCCC(=O)Nc2ccccc2N)c1C. The zero-order chi connectivity index (χ0) is 15.2. The number of aryl methyl sites for hydroxylation is 1. The molecule has 0 saturated heterocycles. The van der Waals surface area contributed by atoms with E-state index in [1.54, 1.807) is 12.1 Å². The van der Waals surface area contributed by atoms with Crippen molar-refractivity contribution in [2.24, 2.45) is 0 Å². The highest BCUT2D eigenvalue weighted by atomic mass is 16.5. The van der Waals surface area contributed by atoms with E-state index in [9.17, 15) is 4.79 Å². The van der Waals surface area contributed by atoms with E-state index in [0.717, 1.165) is 11.3 Å². The molecule has 0 aliphatic rings. The van der Waals surface area contributed by atoms with Crippen LogP contribution in [0.25, 0.3) is 0 Å². The van der Waals surface area contributed by atoms with Gasteiger partial charge < -0.3 is 15.8 Å². The van der Waals surface area contributed by atoms with Crippen LogP contribution in [0.4, 0.5) is 11.4 Å². The van der Waals surface area contributed by atoms with Gasteiger partial charge in [-0.1, -0.05) is 24.3 Å². The Morgan fingerprint density at radius 3 is 2.67 bits per heavy atom. The molecule has 4 heteroatoms. The summed E-state index contributed by atoms with van der Waals surface area (Å²) >= 11 is 0. The number of ether oxygens (including phenoxy) is 1. The van der Waals surface area contributed by atoms with Crippen molar-refractivity contribution >= 4 is 17.3 Å². The number of nitrogens with two attached hydrogens (primary N) is 1. The minimum Gasteiger partial charge on any atom is -0.493 e. The van der Waals surface area contributed by atoms with Gasteiger partial charge in [0.05, 0.1) is 24.4 Å². The molecule has 0 fully saturated rings. The number of rotatable bonds is 5. The molecule has 0 spiro atoms. The Morgan fingerprint density at radius 1 is 1.14 bits per heavy atom. The Kier molecular flexibility index (Phi) is 4.82. The average molecular weight is 284 g/mol. The van der Waals surface area contributed by atoms with Crippen LogP contribution in [0.15, 0.2) is 42.5 Å². The second-order valence-electron chi connectivity index (χ2n) is 4.93. The van der Waals surface area contributed by atoms with E-state index in [1.165, 1.54) is 5.56 Å². The Labute approximate surface area is 124 Å². The smallest absolute Gasteiger partial charge is 0.227 e. The number of carbonyl (C=O) groups excluding carboxylic acids is 1. The average Bonchev–Trinajstić information content (AvgIpc) is 2.46. The van der Waals surface area contributed by atoms with Gasteiger partial charge in [0.15, 0.2) is 0 Å². The van der Waals surface area contributed by atoms with E-state index in [1.807, 2.05) is 44.2 Å². The van der Waals surface area contributed by atoms with Crippen molar-refractivity contribution < 1.29 is 9.53 Å². The molecule has 0 aromatic heterocycles. The van der Waals surface area contributed by atoms with Gasteiger partial charge in [0.1, 0.15) is 5.75 Å². The topological polar surface area (TPSA) is 64.3 Å². The fraction of sp³-hybridized carbons (Fsp3) is 0.235. The van der Waals surface area contributed by atoms with Gasteiger partial charge in [-0.25, -0.2) is 0 Å².